The number of rotatable bonds is 4. The lowest BCUT2D eigenvalue weighted by atomic mass is 10.1. The average Bonchev–Trinajstić information content (AvgIpc) is 2.55. The van der Waals surface area contributed by atoms with E-state index in [1.54, 1.807) is 13.2 Å². The van der Waals surface area contributed by atoms with Gasteiger partial charge in [0.2, 0.25) is 0 Å². The van der Waals surface area contributed by atoms with Crippen LogP contribution < -0.4 is 10.3 Å². The summed E-state index contributed by atoms with van der Waals surface area (Å²) in [6.45, 7) is 0. The molecule has 2 aromatic carbocycles. The van der Waals surface area contributed by atoms with Crippen LogP contribution in [0.3, 0.4) is 0 Å². The number of nitro groups is 1. The lowest BCUT2D eigenvalue weighted by Crippen LogP contribution is -2.15. The van der Waals surface area contributed by atoms with E-state index in [0.717, 1.165) is 10.0 Å². The van der Waals surface area contributed by atoms with Gasteiger partial charge < -0.3 is 9.72 Å². The second kappa shape index (κ2) is 6.40. The van der Waals surface area contributed by atoms with Crippen molar-refractivity contribution < 1.29 is 9.66 Å². The van der Waals surface area contributed by atoms with Crippen molar-refractivity contribution in [3.05, 3.63) is 72.6 Å². The van der Waals surface area contributed by atoms with Gasteiger partial charge in [-0.3, -0.25) is 14.9 Å². The summed E-state index contributed by atoms with van der Waals surface area (Å²) in [5, 5.41) is 10.9. The zero-order valence-electron chi connectivity index (χ0n) is 12.6. The standard InChI is InChI=1S/C16H12BrN3O4/c1-24-15-5-2-9(6-11(15)17)7-14-16(21)19-12-4-3-10(20(22)23)8-13(12)18-14/h2-6,8H,7H2,1H3,(H,19,21). The lowest BCUT2D eigenvalue weighted by molar-refractivity contribution is -0.384. The first-order valence-electron chi connectivity index (χ1n) is 6.97. The van der Waals surface area contributed by atoms with Crippen molar-refractivity contribution in [1.82, 2.24) is 9.97 Å². The highest BCUT2D eigenvalue weighted by Gasteiger charge is 2.11. The smallest absolute Gasteiger partial charge is 0.271 e. The highest BCUT2D eigenvalue weighted by atomic mass is 79.9. The molecule has 1 heterocycles. The van der Waals surface area contributed by atoms with Crippen molar-refractivity contribution in [2.45, 2.75) is 6.42 Å². The van der Waals surface area contributed by atoms with Gasteiger partial charge in [-0.25, -0.2) is 4.98 Å². The fourth-order valence-corrected chi connectivity index (χ4v) is 2.94. The molecule has 8 heteroatoms. The fraction of sp³-hybridized carbons (Fsp3) is 0.125. The Balaban J connectivity index is 2.02. The van der Waals surface area contributed by atoms with Crippen LogP contribution >= 0.6 is 15.9 Å². The number of aromatic nitrogens is 2. The first kappa shape index (κ1) is 16.1. The Morgan fingerprint density at radius 3 is 2.75 bits per heavy atom. The molecule has 0 bridgehead atoms. The topological polar surface area (TPSA) is 98.1 Å². The Labute approximate surface area is 144 Å². The Hall–Kier alpha value is -2.74. The third kappa shape index (κ3) is 3.13. The number of nitro benzene ring substituents is 1. The molecule has 3 aromatic rings. The Morgan fingerprint density at radius 2 is 2.08 bits per heavy atom. The molecule has 0 aliphatic carbocycles. The van der Waals surface area contributed by atoms with E-state index >= 15 is 0 Å². The highest BCUT2D eigenvalue weighted by molar-refractivity contribution is 9.10. The zero-order chi connectivity index (χ0) is 17.3. The summed E-state index contributed by atoms with van der Waals surface area (Å²) >= 11 is 3.40. The molecule has 0 saturated carbocycles. The second-order valence-electron chi connectivity index (χ2n) is 5.12. The molecule has 1 N–H and O–H groups in total. The molecule has 0 aliphatic rings. The van der Waals surface area contributed by atoms with Gasteiger partial charge in [-0.05, 0) is 39.7 Å². The Morgan fingerprint density at radius 1 is 1.29 bits per heavy atom. The van der Waals surface area contributed by atoms with Crippen molar-refractivity contribution in [1.29, 1.82) is 0 Å². The van der Waals surface area contributed by atoms with Crippen molar-refractivity contribution >= 4 is 32.7 Å². The number of H-pyrrole nitrogens is 1. The minimum atomic E-state index is -0.494. The predicted octanol–water partition coefficient (Wildman–Crippen LogP) is 3.19. The van der Waals surface area contributed by atoms with E-state index in [0.29, 0.717) is 28.9 Å². The summed E-state index contributed by atoms with van der Waals surface area (Å²) in [7, 11) is 1.57. The molecule has 0 unspecified atom stereocenters. The largest absolute Gasteiger partial charge is 0.496 e. The summed E-state index contributed by atoms with van der Waals surface area (Å²) in [5.41, 5.74) is 1.62. The second-order valence-corrected chi connectivity index (χ2v) is 5.97. The van der Waals surface area contributed by atoms with Gasteiger partial charge in [-0.15, -0.1) is 0 Å². The molecular weight excluding hydrogens is 378 g/mol. The number of methoxy groups -OCH3 is 1. The summed E-state index contributed by atoms with van der Waals surface area (Å²) in [4.78, 5) is 29.6. The molecule has 7 nitrogen and oxygen atoms in total. The van der Waals surface area contributed by atoms with E-state index in [1.807, 2.05) is 12.1 Å². The van der Waals surface area contributed by atoms with Crippen LogP contribution in [0.1, 0.15) is 11.3 Å². The number of hydrogen-bond donors (Lipinski definition) is 1. The van der Waals surface area contributed by atoms with Crippen LogP contribution in [0.25, 0.3) is 11.0 Å². The number of nitrogens with zero attached hydrogens (tertiary/aromatic N) is 2. The molecule has 0 amide bonds. The van der Waals surface area contributed by atoms with Gasteiger partial charge in [0.05, 0.1) is 27.5 Å². The maximum Gasteiger partial charge on any atom is 0.271 e. The molecule has 24 heavy (non-hydrogen) atoms. The molecule has 3 rings (SSSR count). The number of hydrogen-bond acceptors (Lipinski definition) is 5. The molecule has 0 radical (unpaired) electrons. The minimum Gasteiger partial charge on any atom is -0.496 e. The van der Waals surface area contributed by atoms with Crippen molar-refractivity contribution in [3.63, 3.8) is 0 Å². The number of non-ortho nitro benzene ring substituents is 1. The summed E-state index contributed by atoms with van der Waals surface area (Å²) in [5.74, 6) is 0.690. The van der Waals surface area contributed by atoms with E-state index in [-0.39, 0.29) is 11.2 Å². The Bertz CT molecular complexity index is 1000. The molecule has 0 fully saturated rings. The van der Waals surface area contributed by atoms with Crippen molar-refractivity contribution in [2.75, 3.05) is 7.11 Å². The van der Waals surface area contributed by atoms with Crippen LogP contribution in [0.15, 0.2) is 45.7 Å². The van der Waals surface area contributed by atoms with Gasteiger partial charge in [0.15, 0.2) is 0 Å². The number of aromatic amines is 1. The number of nitrogens with one attached hydrogen (secondary N) is 1. The van der Waals surface area contributed by atoms with Gasteiger partial charge >= 0.3 is 0 Å². The van der Waals surface area contributed by atoms with Gasteiger partial charge in [0, 0.05) is 18.6 Å². The molecule has 0 spiro atoms. The number of halogens is 1. The maximum absolute atomic E-state index is 12.2. The third-order valence-electron chi connectivity index (χ3n) is 3.55. The highest BCUT2D eigenvalue weighted by Crippen LogP contribution is 2.26. The van der Waals surface area contributed by atoms with E-state index in [4.69, 9.17) is 4.74 Å². The molecule has 0 aliphatic heterocycles. The van der Waals surface area contributed by atoms with Crippen LogP contribution in [0.5, 0.6) is 5.75 Å². The average molecular weight is 390 g/mol. The lowest BCUT2D eigenvalue weighted by Gasteiger charge is -2.06. The SMILES string of the molecule is COc1ccc(Cc2nc3cc([N+](=O)[O-])ccc3[nH]c2=O)cc1Br. The van der Waals surface area contributed by atoms with Gasteiger partial charge in [0.25, 0.3) is 11.2 Å². The van der Waals surface area contributed by atoms with Crippen LogP contribution in [-0.4, -0.2) is 22.0 Å². The van der Waals surface area contributed by atoms with Gasteiger partial charge in [-0.2, -0.15) is 0 Å². The number of ether oxygens (including phenoxy) is 1. The van der Waals surface area contributed by atoms with Crippen LogP contribution in [0.4, 0.5) is 5.69 Å². The van der Waals surface area contributed by atoms with Gasteiger partial charge in [-0.1, -0.05) is 6.07 Å². The Kier molecular flexibility index (Phi) is 4.30. The fourth-order valence-electron chi connectivity index (χ4n) is 2.36. The van der Waals surface area contributed by atoms with Crippen molar-refractivity contribution in [3.8, 4) is 5.75 Å². The summed E-state index contributed by atoms with van der Waals surface area (Å²) < 4.78 is 5.95. The monoisotopic (exact) mass is 389 g/mol. The van der Waals surface area contributed by atoms with Crippen LogP contribution in [0.2, 0.25) is 0 Å². The molecule has 0 saturated heterocycles. The minimum absolute atomic E-state index is 0.0693. The third-order valence-corrected chi connectivity index (χ3v) is 4.17. The molecule has 122 valence electrons. The number of benzene rings is 2. The van der Waals surface area contributed by atoms with E-state index < -0.39 is 4.92 Å². The zero-order valence-corrected chi connectivity index (χ0v) is 14.2. The van der Waals surface area contributed by atoms with Gasteiger partial charge in [0.1, 0.15) is 11.4 Å². The molecule has 1 aromatic heterocycles. The first-order chi connectivity index (χ1) is 11.5. The summed E-state index contributed by atoms with van der Waals surface area (Å²) in [6, 6.07) is 9.63. The normalized spacial score (nSPS) is 10.8. The van der Waals surface area contributed by atoms with Crippen LogP contribution in [-0.2, 0) is 6.42 Å². The molecular formula is C16H12BrN3O4. The van der Waals surface area contributed by atoms with E-state index in [2.05, 4.69) is 25.9 Å². The van der Waals surface area contributed by atoms with E-state index in [9.17, 15) is 14.9 Å². The number of fused-ring (bicyclic) bond motifs is 1. The first-order valence-corrected chi connectivity index (χ1v) is 7.77. The van der Waals surface area contributed by atoms with Crippen LogP contribution in [0, 0.1) is 10.1 Å². The van der Waals surface area contributed by atoms with Crippen molar-refractivity contribution in [2.24, 2.45) is 0 Å². The maximum atomic E-state index is 12.2. The predicted molar refractivity (Wildman–Crippen MR) is 92.5 cm³/mol. The quantitative estimate of drug-likeness (QED) is 0.545. The van der Waals surface area contributed by atoms with E-state index in [1.165, 1.54) is 18.2 Å². The molecule has 0 atom stereocenters. The summed E-state index contributed by atoms with van der Waals surface area (Å²) in [6.07, 6.45) is 0.302.